The van der Waals surface area contributed by atoms with E-state index in [1.165, 1.54) is 24.3 Å². The van der Waals surface area contributed by atoms with Crippen molar-refractivity contribution in [3.05, 3.63) is 88.7 Å². The highest BCUT2D eigenvalue weighted by atomic mass is 32.2. The average Bonchev–Trinajstić information content (AvgIpc) is 2.69. The number of para-hydroxylation sites is 1. The van der Waals surface area contributed by atoms with Crippen LogP contribution in [0.1, 0.15) is 0 Å². The summed E-state index contributed by atoms with van der Waals surface area (Å²) in [4.78, 5) is 13.0. The lowest BCUT2D eigenvalue weighted by molar-refractivity contribution is 0.556. The van der Waals surface area contributed by atoms with E-state index in [2.05, 4.69) is 5.10 Å². The molecule has 0 aliphatic carbocycles. The lowest BCUT2D eigenvalue weighted by Gasteiger charge is -2.13. The number of rotatable bonds is 3. The van der Waals surface area contributed by atoms with E-state index in [0.29, 0.717) is 15.6 Å². The Labute approximate surface area is 164 Å². The lowest BCUT2D eigenvalue weighted by Crippen LogP contribution is -2.24. The molecule has 0 aliphatic heterocycles. The summed E-state index contributed by atoms with van der Waals surface area (Å²) in [7, 11) is -3.49. The highest BCUT2D eigenvalue weighted by molar-refractivity contribution is 7.90. The number of benzene rings is 3. The zero-order valence-electron chi connectivity index (χ0n) is 15.1. The Balaban J connectivity index is 2.11. The molecular formula is C21H14F2N2O3S. The predicted octanol–water partition coefficient (Wildman–Crippen LogP) is 3.73. The van der Waals surface area contributed by atoms with Crippen molar-refractivity contribution < 1.29 is 17.2 Å². The Morgan fingerprint density at radius 1 is 0.862 bits per heavy atom. The van der Waals surface area contributed by atoms with Gasteiger partial charge in [0.25, 0.3) is 5.56 Å². The van der Waals surface area contributed by atoms with Gasteiger partial charge in [-0.25, -0.2) is 17.2 Å². The van der Waals surface area contributed by atoms with Crippen LogP contribution in [0.15, 0.2) is 76.4 Å². The smallest absolute Gasteiger partial charge is 0.267 e. The zero-order chi connectivity index (χ0) is 20.8. The van der Waals surface area contributed by atoms with Crippen LogP contribution in [0.5, 0.6) is 0 Å². The van der Waals surface area contributed by atoms with Gasteiger partial charge in [-0.15, -0.1) is 0 Å². The maximum absolute atomic E-state index is 14.4. The zero-order valence-corrected chi connectivity index (χ0v) is 16.0. The lowest BCUT2D eigenvalue weighted by atomic mass is 10.1. The molecule has 0 saturated carbocycles. The second kappa shape index (κ2) is 6.89. The molecule has 1 aromatic heterocycles. The summed E-state index contributed by atoms with van der Waals surface area (Å²) in [5, 5.41) is 4.85. The van der Waals surface area contributed by atoms with Gasteiger partial charge in [0.2, 0.25) is 0 Å². The van der Waals surface area contributed by atoms with Gasteiger partial charge in [-0.3, -0.25) is 4.79 Å². The second-order valence-corrected chi connectivity index (χ2v) is 8.50. The van der Waals surface area contributed by atoms with E-state index in [9.17, 15) is 22.0 Å². The molecule has 0 unspecified atom stereocenters. The molecule has 0 fully saturated rings. The molecule has 3 aromatic carbocycles. The minimum atomic E-state index is -3.49. The van der Waals surface area contributed by atoms with Crippen LogP contribution in [0.2, 0.25) is 0 Å². The minimum absolute atomic E-state index is 0.0655. The van der Waals surface area contributed by atoms with Crippen LogP contribution < -0.4 is 5.56 Å². The number of sulfone groups is 1. The van der Waals surface area contributed by atoms with Gasteiger partial charge in [-0.1, -0.05) is 36.4 Å². The third kappa shape index (κ3) is 3.31. The molecule has 0 radical (unpaired) electrons. The summed E-state index contributed by atoms with van der Waals surface area (Å²) >= 11 is 0. The molecule has 0 aliphatic rings. The summed E-state index contributed by atoms with van der Waals surface area (Å²) in [5.74, 6) is -1.88. The molecule has 0 atom stereocenters. The third-order valence-electron chi connectivity index (χ3n) is 4.49. The average molecular weight is 412 g/mol. The van der Waals surface area contributed by atoms with Gasteiger partial charge in [0.15, 0.2) is 21.5 Å². The number of halogens is 2. The molecule has 0 spiro atoms. The number of nitrogens with zero attached hydrogens (tertiary/aromatic N) is 2. The Bertz CT molecular complexity index is 1410. The number of fused-ring (bicyclic) bond motifs is 1. The normalized spacial score (nSPS) is 11.7. The number of hydrogen-bond acceptors (Lipinski definition) is 4. The van der Waals surface area contributed by atoms with Gasteiger partial charge < -0.3 is 0 Å². The molecule has 8 heteroatoms. The van der Waals surface area contributed by atoms with Crippen LogP contribution in [0.25, 0.3) is 27.7 Å². The molecule has 0 bridgehead atoms. The van der Waals surface area contributed by atoms with Gasteiger partial charge in [-0.05, 0) is 30.3 Å². The molecule has 4 rings (SSSR count). The fraction of sp³-hybridized carbons (Fsp3) is 0.0476. The Morgan fingerprint density at radius 3 is 2.14 bits per heavy atom. The summed E-state index contributed by atoms with van der Waals surface area (Å²) in [5.41, 5.74) is -0.653. The van der Waals surface area contributed by atoms with Gasteiger partial charge in [0.1, 0.15) is 5.69 Å². The van der Waals surface area contributed by atoms with E-state index in [1.54, 1.807) is 30.3 Å². The van der Waals surface area contributed by atoms with Crippen LogP contribution in [0.4, 0.5) is 8.78 Å². The largest absolute Gasteiger partial charge is 0.279 e. The summed E-state index contributed by atoms with van der Waals surface area (Å²) in [6.45, 7) is 0. The van der Waals surface area contributed by atoms with Crippen molar-refractivity contribution in [1.82, 2.24) is 9.78 Å². The Hall–Kier alpha value is -3.39. The second-order valence-electron chi connectivity index (χ2n) is 6.48. The van der Waals surface area contributed by atoms with Crippen LogP contribution in [0, 0.1) is 11.6 Å². The molecule has 4 aromatic rings. The van der Waals surface area contributed by atoms with E-state index < -0.39 is 32.7 Å². The first-order valence-electron chi connectivity index (χ1n) is 8.54. The summed E-state index contributed by atoms with van der Waals surface area (Å²) < 4.78 is 53.3. The maximum Gasteiger partial charge on any atom is 0.279 e. The Kier molecular flexibility index (Phi) is 4.50. The van der Waals surface area contributed by atoms with Crippen molar-refractivity contribution >= 4 is 20.6 Å². The molecule has 29 heavy (non-hydrogen) atoms. The van der Waals surface area contributed by atoms with Crippen molar-refractivity contribution in [2.24, 2.45) is 0 Å². The Morgan fingerprint density at radius 2 is 1.48 bits per heavy atom. The molecule has 146 valence electrons. The van der Waals surface area contributed by atoms with Crippen molar-refractivity contribution in [2.75, 3.05) is 6.26 Å². The van der Waals surface area contributed by atoms with E-state index in [0.717, 1.165) is 18.4 Å². The first-order valence-corrected chi connectivity index (χ1v) is 10.4. The number of hydrogen-bond donors (Lipinski definition) is 0. The molecule has 0 N–H and O–H groups in total. The fourth-order valence-electron chi connectivity index (χ4n) is 3.12. The molecule has 5 nitrogen and oxygen atoms in total. The van der Waals surface area contributed by atoms with Crippen LogP contribution in [-0.2, 0) is 9.84 Å². The molecule has 0 amide bonds. The molecular weight excluding hydrogens is 398 g/mol. The van der Waals surface area contributed by atoms with E-state index in [-0.39, 0.29) is 16.0 Å². The van der Waals surface area contributed by atoms with Crippen LogP contribution in [0.3, 0.4) is 0 Å². The monoisotopic (exact) mass is 412 g/mol. The van der Waals surface area contributed by atoms with Crippen LogP contribution >= 0.6 is 0 Å². The van der Waals surface area contributed by atoms with Crippen molar-refractivity contribution in [1.29, 1.82) is 0 Å². The SMILES string of the molecule is CS(=O)(=O)c1cccc(-c2nn(-c3c(F)cccc3F)c(=O)c3ccccc23)c1. The number of aromatic nitrogens is 2. The predicted molar refractivity (Wildman–Crippen MR) is 106 cm³/mol. The van der Waals surface area contributed by atoms with Gasteiger partial charge in [0, 0.05) is 17.2 Å². The first kappa shape index (κ1) is 18.9. The highest BCUT2D eigenvalue weighted by Gasteiger charge is 2.19. The van der Waals surface area contributed by atoms with E-state index in [4.69, 9.17) is 0 Å². The summed E-state index contributed by atoms with van der Waals surface area (Å²) in [6, 6.07) is 15.8. The highest BCUT2D eigenvalue weighted by Crippen LogP contribution is 2.28. The van der Waals surface area contributed by atoms with Crippen LogP contribution in [-0.4, -0.2) is 24.5 Å². The molecule has 0 saturated heterocycles. The quantitative estimate of drug-likeness (QED) is 0.514. The van der Waals surface area contributed by atoms with Crippen molar-refractivity contribution in [3.63, 3.8) is 0 Å². The fourth-order valence-corrected chi connectivity index (χ4v) is 3.79. The topological polar surface area (TPSA) is 69.0 Å². The van der Waals surface area contributed by atoms with E-state index in [1.807, 2.05) is 0 Å². The maximum atomic E-state index is 14.4. The van der Waals surface area contributed by atoms with Gasteiger partial charge in [-0.2, -0.15) is 9.78 Å². The third-order valence-corrected chi connectivity index (χ3v) is 5.60. The van der Waals surface area contributed by atoms with Gasteiger partial charge in [0.05, 0.1) is 16.0 Å². The van der Waals surface area contributed by atoms with Crippen molar-refractivity contribution in [3.8, 4) is 16.9 Å². The van der Waals surface area contributed by atoms with E-state index >= 15 is 0 Å². The first-order chi connectivity index (χ1) is 13.8. The molecule has 1 heterocycles. The van der Waals surface area contributed by atoms with Crippen molar-refractivity contribution in [2.45, 2.75) is 4.90 Å². The minimum Gasteiger partial charge on any atom is -0.267 e. The van der Waals surface area contributed by atoms with Gasteiger partial charge >= 0.3 is 0 Å². The standard InChI is InChI=1S/C21H14F2N2O3S/c1-29(27,28)14-7-4-6-13(12-14)19-15-8-2-3-9-16(15)21(26)25(24-19)20-17(22)10-5-11-18(20)23/h2-12H,1H3. The summed E-state index contributed by atoms with van der Waals surface area (Å²) in [6.07, 6.45) is 1.08.